The fourth-order valence-corrected chi connectivity index (χ4v) is 3.15. The van der Waals surface area contributed by atoms with Gasteiger partial charge in [-0.25, -0.2) is 9.59 Å². The van der Waals surface area contributed by atoms with Crippen LogP contribution in [-0.4, -0.2) is 51.3 Å². The van der Waals surface area contributed by atoms with Gasteiger partial charge in [-0.2, -0.15) is 0 Å². The predicted molar refractivity (Wildman–Crippen MR) is 136 cm³/mol. The topological polar surface area (TPSA) is 106 Å². The first-order valence-electron chi connectivity index (χ1n) is 11.9. The van der Waals surface area contributed by atoms with Gasteiger partial charge in [-0.3, -0.25) is 0 Å². The standard InChI is InChI=1S/C25H38N6O2/c32-24(30-22-12-4-1-5-13-22)28-20-10-18-26-16-8-3-9-17-27-19-11-21-29-25(33)31-23-14-6-2-7-15-23/h1-2,4-7,12-15,26-27H,3,8-11,16-21H2,(H2,28,30,32)(H2,29,31,33). The van der Waals surface area contributed by atoms with Crippen molar-refractivity contribution in [1.82, 2.24) is 21.3 Å². The van der Waals surface area contributed by atoms with E-state index in [0.717, 1.165) is 63.2 Å². The van der Waals surface area contributed by atoms with E-state index in [4.69, 9.17) is 0 Å². The van der Waals surface area contributed by atoms with E-state index in [9.17, 15) is 9.59 Å². The number of carbonyl (C=O) groups excluding carboxylic acids is 2. The quantitative estimate of drug-likeness (QED) is 0.217. The van der Waals surface area contributed by atoms with Gasteiger partial charge in [0.05, 0.1) is 0 Å². The monoisotopic (exact) mass is 454 g/mol. The molecule has 2 aromatic rings. The summed E-state index contributed by atoms with van der Waals surface area (Å²) in [5, 5.41) is 18.2. The molecule has 0 fully saturated rings. The largest absolute Gasteiger partial charge is 0.338 e. The predicted octanol–water partition coefficient (Wildman–Crippen LogP) is 3.76. The van der Waals surface area contributed by atoms with Gasteiger partial charge >= 0.3 is 12.1 Å². The first-order valence-corrected chi connectivity index (χ1v) is 11.9. The number of unbranched alkanes of at least 4 members (excludes halogenated alkanes) is 2. The molecular formula is C25H38N6O2. The van der Waals surface area contributed by atoms with Crippen LogP contribution in [0.1, 0.15) is 32.1 Å². The van der Waals surface area contributed by atoms with Crippen LogP contribution in [0.3, 0.4) is 0 Å². The van der Waals surface area contributed by atoms with Crippen molar-refractivity contribution in [2.24, 2.45) is 0 Å². The van der Waals surface area contributed by atoms with Gasteiger partial charge < -0.3 is 31.9 Å². The molecule has 8 nitrogen and oxygen atoms in total. The maximum absolute atomic E-state index is 11.8. The Kier molecular flexibility index (Phi) is 13.8. The number of amides is 4. The number of carbonyl (C=O) groups is 2. The first-order chi connectivity index (χ1) is 16.2. The molecule has 0 saturated carbocycles. The van der Waals surface area contributed by atoms with Crippen molar-refractivity contribution < 1.29 is 9.59 Å². The van der Waals surface area contributed by atoms with E-state index in [1.54, 1.807) is 0 Å². The van der Waals surface area contributed by atoms with Crippen LogP contribution < -0.4 is 31.9 Å². The number of rotatable bonds is 16. The molecule has 4 amide bonds. The highest BCUT2D eigenvalue weighted by molar-refractivity contribution is 5.89. The molecule has 0 radical (unpaired) electrons. The first kappa shape index (κ1) is 26.2. The molecular weight excluding hydrogens is 416 g/mol. The molecule has 0 unspecified atom stereocenters. The molecule has 0 aromatic heterocycles. The van der Waals surface area contributed by atoms with Gasteiger partial charge in [0.25, 0.3) is 0 Å². The summed E-state index contributed by atoms with van der Waals surface area (Å²) in [6.07, 6.45) is 5.27. The molecule has 8 heteroatoms. The van der Waals surface area contributed by atoms with Crippen LogP contribution in [-0.2, 0) is 0 Å². The Labute approximate surface area is 197 Å². The number of urea groups is 2. The Morgan fingerprint density at radius 3 is 1.30 bits per heavy atom. The third-order valence-electron chi connectivity index (χ3n) is 4.90. The van der Waals surface area contributed by atoms with Crippen molar-refractivity contribution in [2.75, 3.05) is 49.9 Å². The molecule has 0 atom stereocenters. The second-order valence-corrected chi connectivity index (χ2v) is 7.76. The lowest BCUT2D eigenvalue weighted by atomic mass is 10.2. The van der Waals surface area contributed by atoms with Crippen molar-refractivity contribution in [1.29, 1.82) is 0 Å². The fourth-order valence-electron chi connectivity index (χ4n) is 3.15. The molecule has 2 rings (SSSR count). The van der Waals surface area contributed by atoms with Gasteiger partial charge in [0.2, 0.25) is 0 Å². The number of hydrogen-bond donors (Lipinski definition) is 6. The van der Waals surface area contributed by atoms with Crippen molar-refractivity contribution in [3.63, 3.8) is 0 Å². The molecule has 6 N–H and O–H groups in total. The van der Waals surface area contributed by atoms with E-state index in [-0.39, 0.29) is 12.1 Å². The smallest absolute Gasteiger partial charge is 0.319 e. The highest BCUT2D eigenvalue weighted by Gasteiger charge is 2.01. The summed E-state index contributed by atoms with van der Waals surface area (Å²) < 4.78 is 0. The van der Waals surface area contributed by atoms with Crippen LogP contribution in [0.4, 0.5) is 21.0 Å². The van der Waals surface area contributed by atoms with Crippen molar-refractivity contribution in [3.05, 3.63) is 60.7 Å². The van der Waals surface area contributed by atoms with E-state index < -0.39 is 0 Å². The minimum Gasteiger partial charge on any atom is -0.338 e. The normalized spacial score (nSPS) is 10.4. The van der Waals surface area contributed by atoms with Gasteiger partial charge in [-0.05, 0) is 76.1 Å². The number of hydrogen-bond acceptors (Lipinski definition) is 4. The van der Waals surface area contributed by atoms with Gasteiger partial charge in [0, 0.05) is 24.5 Å². The molecule has 0 heterocycles. The zero-order valence-electron chi connectivity index (χ0n) is 19.4. The Morgan fingerprint density at radius 1 is 0.485 bits per heavy atom. The Morgan fingerprint density at radius 2 is 0.879 bits per heavy atom. The van der Waals surface area contributed by atoms with Crippen LogP contribution in [0, 0.1) is 0 Å². The summed E-state index contributed by atoms with van der Waals surface area (Å²) in [6, 6.07) is 18.5. The van der Waals surface area contributed by atoms with Crippen LogP contribution in [0.2, 0.25) is 0 Å². The lowest BCUT2D eigenvalue weighted by molar-refractivity contribution is 0.251. The van der Waals surface area contributed by atoms with E-state index in [1.807, 2.05) is 60.7 Å². The Balaban J connectivity index is 1.28. The second kappa shape index (κ2) is 17.5. The van der Waals surface area contributed by atoms with Gasteiger partial charge in [0.15, 0.2) is 0 Å². The van der Waals surface area contributed by atoms with E-state index in [0.29, 0.717) is 13.1 Å². The lowest BCUT2D eigenvalue weighted by Crippen LogP contribution is -2.31. The minimum absolute atomic E-state index is 0.167. The van der Waals surface area contributed by atoms with Gasteiger partial charge in [-0.1, -0.05) is 42.8 Å². The average molecular weight is 455 g/mol. The molecule has 0 saturated heterocycles. The van der Waals surface area contributed by atoms with E-state index in [1.165, 1.54) is 6.42 Å². The molecule has 2 aromatic carbocycles. The number of nitrogens with one attached hydrogen (secondary N) is 6. The zero-order valence-corrected chi connectivity index (χ0v) is 19.4. The van der Waals surface area contributed by atoms with Crippen LogP contribution in [0.25, 0.3) is 0 Å². The molecule has 33 heavy (non-hydrogen) atoms. The van der Waals surface area contributed by atoms with E-state index in [2.05, 4.69) is 31.9 Å². The third kappa shape index (κ3) is 13.8. The molecule has 180 valence electrons. The van der Waals surface area contributed by atoms with E-state index >= 15 is 0 Å². The second-order valence-electron chi connectivity index (χ2n) is 7.76. The maximum atomic E-state index is 11.8. The number of benzene rings is 2. The third-order valence-corrected chi connectivity index (χ3v) is 4.90. The highest BCUT2D eigenvalue weighted by atomic mass is 16.2. The summed E-state index contributed by atoms with van der Waals surface area (Å²) in [5.74, 6) is 0. The SMILES string of the molecule is O=C(NCCCNCCCCCNCCCNC(=O)Nc1ccccc1)Nc1ccccc1. The molecule has 0 aliphatic rings. The Bertz CT molecular complexity index is 707. The van der Waals surface area contributed by atoms with Crippen LogP contribution >= 0.6 is 0 Å². The van der Waals surface area contributed by atoms with Crippen LogP contribution in [0.15, 0.2) is 60.7 Å². The summed E-state index contributed by atoms with van der Waals surface area (Å²) >= 11 is 0. The molecule has 0 spiro atoms. The summed E-state index contributed by atoms with van der Waals surface area (Å²) in [7, 11) is 0. The number of para-hydroxylation sites is 2. The number of anilines is 2. The summed E-state index contributed by atoms with van der Waals surface area (Å²) in [6.45, 7) is 5.09. The molecule has 0 aliphatic carbocycles. The Hall–Kier alpha value is -3.10. The van der Waals surface area contributed by atoms with Gasteiger partial charge in [-0.15, -0.1) is 0 Å². The van der Waals surface area contributed by atoms with Gasteiger partial charge in [0.1, 0.15) is 0 Å². The average Bonchev–Trinajstić information content (AvgIpc) is 2.83. The minimum atomic E-state index is -0.167. The zero-order chi connectivity index (χ0) is 23.4. The summed E-state index contributed by atoms with van der Waals surface area (Å²) in [4.78, 5) is 23.5. The van der Waals surface area contributed by atoms with Crippen molar-refractivity contribution in [3.8, 4) is 0 Å². The van der Waals surface area contributed by atoms with Crippen LogP contribution in [0.5, 0.6) is 0 Å². The van der Waals surface area contributed by atoms with Crippen molar-refractivity contribution >= 4 is 23.4 Å². The molecule has 0 bridgehead atoms. The lowest BCUT2D eigenvalue weighted by Gasteiger charge is -2.09. The fraction of sp³-hybridized carbons (Fsp3) is 0.440. The summed E-state index contributed by atoms with van der Waals surface area (Å²) in [5.41, 5.74) is 1.59. The van der Waals surface area contributed by atoms with Crippen molar-refractivity contribution in [2.45, 2.75) is 32.1 Å². The molecule has 0 aliphatic heterocycles. The maximum Gasteiger partial charge on any atom is 0.319 e. The highest BCUT2D eigenvalue weighted by Crippen LogP contribution is 2.04.